The maximum atomic E-state index is 2.50. The summed E-state index contributed by atoms with van der Waals surface area (Å²) in [4.78, 5) is 4.87. The Morgan fingerprint density at radius 1 is 0.188 bits per heavy atom. The van der Waals surface area contributed by atoms with Gasteiger partial charge in [0.25, 0.3) is 0 Å². The van der Waals surface area contributed by atoms with Gasteiger partial charge < -0.3 is 9.80 Å². The summed E-state index contributed by atoms with van der Waals surface area (Å²) in [6, 6.07) is 109. The fraction of sp³-hybridized carbons (Fsp3) is 0.270. The second-order valence-electron chi connectivity index (χ2n) is 40.5. The number of nitrogens with zero attached hydrogens (tertiary/aromatic N) is 2. The third kappa shape index (κ3) is 13.6. The van der Waals surface area contributed by atoms with Crippen LogP contribution in [0.2, 0.25) is 0 Å². The van der Waals surface area contributed by atoms with Gasteiger partial charge in [0.2, 0.25) is 0 Å². The van der Waals surface area contributed by atoms with Gasteiger partial charge in [-0.15, -0.1) is 0 Å². The SMILES string of the molecule is Cc1ccc2c(c1)C(C)(C)c1cc(-c3cc(-c4ccc5c(c4)C(C)(C)c4cc(C(C)(C)C)ccc4-5)cc(N(c4ccccc4)c4ccc(C(C)(C)C)cc4)c3)ccc1-2.Cc1ccc2c(c1)C(C)(C)c1cc(-c3cc(N(c4ccccc4)c4ccc(C(C)(C)C)cc4)cc(-c4ccc5c(c4)C(C)(C)c4cc(C(C)(C)C)ccc4-5)c3C)ccc1-2. The van der Waals surface area contributed by atoms with Crippen molar-refractivity contribution in [3.05, 3.63) is 369 Å². The summed E-state index contributed by atoms with van der Waals surface area (Å²) in [7, 11) is 0. The number of hydrogen-bond acceptors (Lipinski definition) is 2. The normalized spacial score (nSPS) is 14.7. The molecule has 0 spiro atoms. The zero-order chi connectivity index (χ0) is 82.8. The molecule has 4 aliphatic rings. The molecule has 14 aromatic carbocycles. The molecule has 0 saturated carbocycles. The van der Waals surface area contributed by atoms with Crippen LogP contribution in [0.3, 0.4) is 0 Å². The van der Waals surface area contributed by atoms with E-state index in [2.05, 4.69) is 454 Å². The van der Waals surface area contributed by atoms with Crippen LogP contribution in [0.4, 0.5) is 34.1 Å². The quantitative estimate of drug-likeness (QED) is 0.135. The second kappa shape index (κ2) is 27.9. The van der Waals surface area contributed by atoms with Gasteiger partial charge in [-0.25, -0.2) is 0 Å². The summed E-state index contributed by atoms with van der Waals surface area (Å²) in [5.74, 6) is 0. The summed E-state index contributed by atoms with van der Waals surface area (Å²) in [6.45, 7) is 53.5. The van der Waals surface area contributed by atoms with E-state index in [-0.39, 0.29) is 43.3 Å². The molecule has 18 rings (SSSR count). The molecular weight excluding hydrogens is 1410 g/mol. The molecule has 0 N–H and O–H groups in total. The monoisotopic (exact) mass is 1520 g/mol. The molecule has 0 aliphatic heterocycles. The topological polar surface area (TPSA) is 6.48 Å². The van der Waals surface area contributed by atoms with Crippen LogP contribution in [0.25, 0.3) is 89.0 Å². The molecule has 0 amide bonds. The first-order chi connectivity index (χ1) is 55.2. The van der Waals surface area contributed by atoms with Crippen LogP contribution in [0, 0.1) is 20.8 Å². The van der Waals surface area contributed by atoms with Crippen LogP contribution in [0.1, 0.15) is 222 Å². The molecule has 0 radical (unpaired) electrons. The molecule has 0 heterocycles. The van der Waals surface area contributed by atoms with Crippen LogP contribution in [0.5, 0.6) is 0 Å². The Hall–Kier alpha value is -11.3. The van der Waals surface area contributed by atoms with Crippen molar-refractivity contribution in [1.82, 2.24) is 0 Å². The van der Waals surface area contributed by atoms with Gasteiger partial charge in [0, 0.05) is 55.8 Å². The lowest BCUT2D eigenvalue weighted by atomic mass is 9.78. The predicted octanol–water partition coefficient (Wildman–Crippen LogP) is 32.3. The van der Waals surface area contributed by atoms with Gasteiger partial charge >= 0.3 is 0 Å². The van der Waals surface area contributed by atoms with Crippen molar-refractivity contribution in [2.75, 3.05) is 9.80 Å². The van der Waals surface area contributed by atoms with Crippen molar-refractivity contribution in [3.63, 3.8) is 0 Å². The molecule has 0 fully saturated rings. The Balaban J connectivity index is 0.000000168. The Labute approximate surface area is 699 Å². The van der Waals surface area contributed by atoms with Crippen LogP contribution < -0.4 is 9.80 Å². The largest absolute Gasteiger partial charge is 0.310 e. The average Bonchev–Trinajstić information content (AvgIpc) is 1.60. The van der Waals surface area contributed by atoms with Crippen molar-refractivity contribution in [2.45, 2.75) is 203 Å². The van der Waals surface area contributed by atoms with Crippen LogP contribution in [-0.4, -0.2) is 0 Å². The number of anilines is 6. The highest BCUT2D eigenvalue weighted by Gasteiger charge is 2.41. The maximum Gasteiger partial charge on any atom is 0.0474 e. The summed E-state index contributed by atoms with van der Waals surface area (Å²) >= 11 is 0. The van der Waals surface area contributed by atoms with E-state index < -0.39 is 0 Å². The minimum atomic E-state index is -0.125. The fourth-order valence-electron chi connectivity index (χ4n) is 19.6. The zero-order valence-corrected chi connectivity index (χ0v) is 73.5. The molecule has 117 heavy (non-hydrogen) atoms. The van der Waals surface area contributed by atoms with Gasteiger partial charge in [0.05, 0.1) is 0 Å². The van der Waals surface area contributed by atoms with E-state index in [0.29, 0.717) is 0 Å². The van der Waals surface area contributed by atoms with Gasteiger partial charge in [-0.2, -0.15) is 0 Å². The van der Waals surface area contributed by atoms with E-state index in [1.807, 2.05) is 0 Å². The lowest BCUT2D eigenvalue weighted by molar-refractivity contribution is 0.584. The van der Waals surface area contributed by atoms with Gasteiger partial charge in [0.1, 0.15) is 0 Å². The van der Waals surface area contributed by atoms with E-state index in [0.717, 1.165) is 34.1 Å². The first-order valence-electron chi connectivity index (χ1n) is 42.6. The molecule has 0 atom stereocenters. The predicted molar refractivity (Wildman–Crippen MR) is 503 cm³/mol. The highest BCUT2D eigenvalue weighted by atomic mass is 15.1. The summed E-state index contributed by atoms with van der Waals surface area (Å²) in [5.41, 5.74) is 48.1. The fourth-order valence-corrected chi connectivity index (χ4v) is 19.6. The summed E-state index contributed by atoms with van der Waals surface area (Å²) in [5, 5.41) is 0. The average molecular weight is 1530 g/mol. The van der Waals surface area contributed by atoms with E-state index in [9.17, 15) is 0 Å². The number of aryl methyl sites for hydroxylation is 2. The van der Waals surface area contributed by atoms with E-state index >= 15 is 0 Å². The number of para-hydroxylation sites is 2. The first kappa shape index (κ1) is 78.2. The maximum absolute atomic E-state index is 2.50. The van der Waals surface area contributed by atoms with Gasteiger partial charge in [-0.1, -0.05) is 332 Å². The van der Waals surface area contributed by atoms with Crippen molar-refractivity contribution < 1.29 is 0 Å². The Bertz CT molecular complexity index is 6280. The van der Waals surface area contributed by atoms with Gasteiger partial charge in [-0.05, 0) is 307 Å². The van der Waals surface area contributed by atoms with Gasteiger partial charge in [0.15, 0.2) is 0 Å². The Kier molecular flexibility index (Phi) is 18.7. The molecule has 2 heteroatoms. The third-order valence-corrected chi connectivity index (χ3v) is 26.9. The number of benzene rings is 14. The molecular formula is C115H116N2. The lowest BCUT2D eigenvalue weighted by Crippen LogP contribution is -2.17. The minimum absolute atomic E-state index is 0.0648. The zero-order valence-electron chi connectivity index (χ0n) is 73.5. The van der Waals surface area contributed by atoms with Gasteiger partial charge in [-0.3, -0.25) is 0 Å². The highest BCUT2D eigenvalue weighted by Crippen LogP contribution is 2.57. The molecule has 0 unspecified atom stereocenters. The van der Waals surface area contributed by atoms with Crippen molar-refractivity contribution >= 4 is 34.1 Å². The standard InChI is InChI=1S/C58H59N.C57H57N/c1-36-18-26-45-46-27-19-38(31-52(46)57(9,10)51(45)30-36)49-34-44(59(42-16-14-13-15-17-42)43-24-21-40(22-25-43)55(3,4)5)35-50(37(49)2)39-20-28-47-48-29-23-41(56(6,7)8)33-54(48)58(11,12)53(47)32-39;1-36-17-25-46-47-26-18-37(33-51(47)56(8,9)50(46)29-36)39-30-40(38-19-27-48-49-28-22-42(55(5,6)7)35-53(49)57(10,11)52(48)34-38)32-45(31-39)58(43-15-13-12-14-16-43)44-23-20-41(21-24-44)54(2,3)4/h13-35H,1-12H3;12-35H,1-11H3. The molecule has 0 bridgehead atoms. The second-order valence-corrected chi connectivity index (χ2v) is 40.5. The number of fused-ring (bicyclic) bond motifs is 12. The Morgan fingerprint density at radius 3 is 0.752 bits per heavy atom. The molecule has 2 nitrogen and oxygen atoms in total. The van der Waals surface area contributed by atoms with E-state index in [1.54, 1.807) is 0 Å². The minimum Gasteiger partial charge on any atom is -0.310 e. The molecule has 0 saturated heterocycles. The number of rotatable bonds is 10. The van der Waals surface area contributed by atoms with Crippen LogP contribution in [0.15, 0.2) is 285 Å². The van der Waals surface area contributed by atoms with Crippen molar-refractivity contribution in [1.29, 1.82) is 0 Å². The first-order valence-corrected chi connectivity index (χ1v) is 42.6. The van der Waals surface area contributed by atoms with E-state index in [1.165, 1.54) is 172 Å². The molecule has 14 aromatic rings. The molecule has 0 aromatic heterocycles. The molecule has 4 aliphatic carbocycles. The molecule has 586 valence electrons. The number of hydrogen-bond donors (Lipinski definition) is 0. The summed E-state index contributed by atoms with van der Waals surface area (Å²) < 4.78 is 0. The summed E-state index contributed by atoms with van der Waals surface area (Å²) in [6.07, 6.45) is 0. The van der Waals surface area contributed by atoms with Crippen LogP contribution in [-0.2, 0) is 43.3 Å². The smallest absolute Gasteiger partial charge is 0.0474 e. The van der Waals surface area contributed by atoms with Crippen LogP contribution >= 0.6 is 0 Å². The lowest BCUT2D eigenvalue weighted by Gasteiger charge is -2.29. The third-order valence-electron chi connectivity index (χ3n) is 26.9. The van der Waals surface area contributed by atoms with Crippen molar-refractivity contribution in [2.24, 2.45) is 0 Å². The van der Waals surface area contributed by atoms with Crippen molar-refractivity contribution in [3.8, 4) is 89.0 Å². The van der Waals surface area contributed by atoms with E-state index in [4.69, 9.17) is 0 Å². The Morgan fingerprint density at radius 2 is 0.436 bits per heavy atom. The highest BCUT2D eigenvalue weighted by molar-refractivity contribution is 5.94.